The summed E-state index contributed by atoms with van der Waals surface area (Å²) in [4.78, 5) is 19.4. The van der Waals surface area contributed by atoms with E-state index in [9.17, 15) is 4.79 Å². The Morgan fingerprint density at radius 2 is 1.97 bits per heavy atom. The van der Waals surface area contributed by atoms with Crippen molar-refractivity contribution in [2.45, 2.75) is 25.8 Å². The van der Waals surface area contributed by atoms with Crippen LogP contribution in [0.3, 0.4) is 0 Å². The molecule has 2 aliphatic heterocycles. The van der Waals surface area contributed by atoms with E-state index in [4.69, 9.17) is 4.52 Å². The van der Waals surface area contributed by atoms with E-state index < -0.39 is 0 Å². The molecular formula is C26H40N6O2. The van der Waals surface area contributed by atoms with Crippen LogP contribution in [-0.2, 0) is 17.8 Å². The van der Waals surface area contributed by atoms with Crippen LogP contribution in [0.15, 0.2) is 40.9 Å². The summed E-state index contributed by atoms with van der Waals surface area (Å²) < 4.78 is 5.70. The SMILES string of the molecule is CN(C)CCNC(=O)C[C@@H]1CCNC[C@@H]1Cc1cc(CN2CCN(c3ccccc3)CC2)on1. The van der Waals surface area contributed by atoms with Crippen LogP contribution in [0.1, 0.15) is 24.3 Å². The topological polar surface area (TPSA) is 76.9 Å². The molecule has 2 saturated heterocycles. The van der Waals surface area contributed by atoms with Crippen molar-refractivity contribution in [3.8, 4) is 0 Å². The first-order valence-electron chi connectivity index (χ1n) is 12.7. The lowest BCUT2D eigenvalue weighted by molar-refractivity contribution is -0.122. The predicted octanol–water partition coefficient (Wildman–Crippen LogP) is 1.83. The molecule has 1 aromatic carbocycles. The zero-order valence-corrected chi connectivity index (χ0v) is 20.7. The molecule has 0 radical (unpaired) electrons. The van der Waals surface area contributed by atoms with Crippen LogP contribution in [0.5, 0.6) is 0 Å². The molecule has 4 rings (SSSR count). The van der Waals surface area contributed by atoms with Gasteiger partial charge >= 0.3 is 0 Å². The van der Waals surface area contributed by atoms with E-state index in [1.165, 1.54) is 5.69 Å². The first-order chi connectivity index (χ1) is 16.6. The van der Waals surface area contributed by atoms with Crippen LogP contribution < -0.4 is 15.5 Å². The molecule has 3 heterocycles. The molecule has 1 amide bonds. The minimum Gasteiger partial charge on any atom is -0.369 e. The van der Waals surface area contributed by atoms with Crippen LogP contribution in [0, 0.1) is 11.8 Å². The summed E-state index contributed by atoms with van der Waals surface area (Å²) in [5.41, 5.74) is 2.30. The number of amides is 1. The van der Waals surface area contributed by atoms with Gasteiger partial charge in [-0.1, -0.05) is 23.4 Å². The highest BCUT2D eigenvalue weighted by Gasteiger charge is 2.28. The first kappa shape index (κ1) is 24.7. The fourth-order valence-corrected chi connectivity index (χ4v) is 5.03. The summed E-state index contributed by atoms with van der Waals surface area (Å²) in [6.07, 6.45) is 2.48. The number of carbonyl (C=O) groups is 1. The highest BCUT2D eigenvalue weighted by atomic mass is 16.5. The van der Waals surface area contributed by atoms with Crippen LogP contribution in [0.2, 0.25) is 0 Å². The van der Waals surface area contributed by atoms with Crippen molar-refractivity contribution < 1.29 is 9.32 Å². The van der Waals surface area contributed by atoms with Crippen LogP contribution in [0.4, 0.5) is 5.69 Å². The second-order valence-corrected chi connectivity index (χ2v) is 9.96. The maximum absolute atomic E-state index is 12.4. The Morgan fingerprint density at radius 3 is 2.74 bits per heavy atom. The van der Waals surface area contributed by atoms with E-state index in [1.54, 1.807) is 0 Å². The van der Waals surface area contributed by atoms with Gasteiger partial charge in [0, 0.05) is 57.4 Å². The number of likely N-dealkylation sites (N-methyl/N-ethyl adjacent to an activating group) is 1. The average Bonchev–Trinajstić information content (AvgIpc) is 3.28. The van der Waals surface area contributed by atoms with Gasteiger partial charge in [-0.25, -0.2) is 0 Å². The van der Waals surface area contributed by atoms with E-state index in [-0.39, 0.29) is 5.91 Å². The smallest absolute Gasteiger partial charge is 0.220 e. The molecule has 0 unspecified atom stereocenters. The van der Waals surface area contributed by atoms with Gasteiger partial charge in [0.25, 0.3) is 0 Å². The lowest BCUT2D eigenvalue weighted by Crippen LogP contribution is -2.45. The molecule has 8 nitrogen and oxygen atoms in total. The lowest BCUT2D eigenvalue weighted by atomic mass is 9.81. The monoisotopic (exact) mass is 468 g/mol. The molecule has 0 aliphatic carbocycles. The highest BCUT2D eigenvalue weighted by Crippen LogP contribution is 2.26. The normalized spacial score (nSPS) is 21.7. The van der Waals surface area contributed by atoms with Crippen LogP contribution >= 0.6 is 0 Å². The van der Waals surface area contributed by atoms with Gasteiger partial charge in [-0.2, -0.15) is 0 Å². The lowest BCUT2D eigenvalue weighted by Gasteiger charge is -2.35. The molecule has 186 valence electrons. The Bertz CT molecular complexity index is 878. The number of hydrogen-bond acceptors (Lipinski definition) is 7. The number of anilines is 1. The number of rotatable bonds is 10. The number of piperidine rings is 1. The number of aromatic nitrogens is 1. The molecule has 2 atom stereocenters. The van der Waals surface area contributed by atoms with Gasteiger partial charge in [0.1, 0.15) is 0 Å². The number of nitrogens with zero attached hydrogens (tertiary/aromatic N) is 4. The second kappa shape index (κ2) is 12.3. The largest absolute Gasteiger partial charge is 0.369 e. The quantitative estimate of drug-likeness (QED) is 0.551. The summed E-state index contributed by atoms with van der Waals surface area (Å²) >= 11 is 0. The molecule has 0 spiro atoms. The highest BCUT2D eigenvalue weighted by molar-refractivity contribution is 5.76. The predicted molar refractivity (Wildman–Crippen MR) is 135 cm³/mol. The number of hydrogen-bond donors (Lipinski definition) is 2. The third-order valence-corrected chi connectivity index (χ3v) is 7.05. The number of benzene rings is 1. The van der Waals surface area contributed by atoms with Crippen molar-refractivity contribution in [2.75, 3.05) is 71.4 Å². The van der Waals surface area contributed by atoms with E-state index in [0.717, 1.165) is 76.7 Å². The van der Waals surface area contributed by atoms with Crippen molar-refractivity contribution in [1.82, 2.24) is 25.6 Å². The Hall–Kier alpha value is -2.42. The van der Waals surface area contributed by atoms with Gasteiger partial charge in [0.05, 0.1) is 12.2 Å². The van der Waals surface area contributed by atoms with Crippen molar-refractivity contribution >= 4 is 11.6 Å². The molecule has 0 bridgehead atoms. The molecule has 2 fully saturated rings. The zero-order valence-electron chi connectivity index (χ0n) is 20.7. The minimum atomic E-state index is 0.161. The third-order valence-electron chi connectivity index (χ3n) is 7.05. The fourth-order valence-electron chi connectivity index (χ4n) is 5.03. The molecule has 2 aromatic rings. The van der Waals surface area contributed by atoms with Crippen LogP contribution in [0.25, 0.3) is 0 Å². The number of piperazine rings is 1. The Labute approximate surface area is 203 Å². The van der Waals surface area contributed by atoms with Crippen molar-refractivity contribution in [1.29, 1.82) is 0 Å². The maximum atomic E-state index is 12.4. The molecule has 8 heteroatoms. The van der Waals surface area contributed by atoms with Crippen molar-refractivity contribution in [3.05, 3.63) is 47.9 Å². The molecule has 34 heavy (non-hydrogen) atoms. The van der Waals surface area contributed by atoms with Gasteiger partial charge in [0.15, 0.2) is 5.76 Å². The summed E-state index contributed by atoms with van der Waals surface area (Å²) in [6, 6.07) is 12.7. The molecule has 1 aromatic heterocycles. The number of para-hydroxylation sites is 1. The van der Waals surface area contributed by atoms with Gasteiger partial charge in [-0.3, -0.25) is 9.69 Å². The Balaban J connectivity index is 1.23. The Morgan fingerprint density at radius 1 is 1.18 bits per heavy atom. The number of carbonyl (C=O) groups excluding carboxylic acids is 1. The average molecular weight is 469 g/mol. The standard InChI is InChI=1S/C26H40N6O2/c1-30(2)11-10-28-26(33)17-21-8-9-27-19-22(21)16-23-18-25(34-29-23)20-31-12-14-32(15-13-31)24-6-4-3-5-7-24/h3-7,18,21-22,27H,8-17,19-20H2,1-2H3,(H,28,33)/t21-,22-/m0/s1. The van der Waals surface area contributed by atoms with Gasteiger partial charge in [0.2, 0.25) is 5.91 Å². The van der Waals surface area contributed by atoms with E-state index in [1.807, 2.05) is 14.1 Å². The zero-order chi connectivity index (χ0) is 23.8. The summed E-state index contributed by atoms with van der Waals surface area (Å²) in [5.74, 6) is 1.88. The van der Waals surface area contributed by atoms with E-state index in [0.29, 0.717) is 24.8 Å². The number of nitrogens with one attached hydrogen (secondary N) is 2. The summed E-state index contributed by atoms with van der Waals surface area (Å²) in [6.45, 7) is 8.36. The van der Waals surface area contributed by atoms with E-state index >= 15 is 0 Å². The summed E-state index contributed by atoms with van der Waals surface area (Å²) in [5, 5.41) is 10.9. The second-order valence-electron chi connectivity index (χ2n) is 9.96. The third kappa shape index (κ3) is 7.29. The summed E-state index contributed by atoms with van der Waals surface area (Å²) in [7, 11) is 4.04. The Kier molecular flexibility index (Phi) is 8.96. The fraction of sp³-hybridized carbons (Fsp3) is 0.615. The molecule has 2 aliphatic rings. The van der Waals surface area contributed by atoms with Gasteiger partial charge < -0.3 is 25.0 Å². The van der Waals surface area contributed by atoms with Crippen molar-refractivity contribution in [3.63, 3.8) is 0 Å². The van der Waals surface area contributed by atoms with Gasteiger partial charge in [-0.05, 0) is 64.0 Å². The molecule has 0 saturated carbocycles. The van der Waals surface area contributed by atoms with Crippen LogP contribution in [-0.4, -0.2) is 87.3 Å². The first-order valence-corrected chi connectivity index (χ1v) is 12.7. The maximum Gasteiger partial charge on any atom is 0.220 e. The molecular weight excluding hydrogens is 428 g/mol. The molecule has 2 N–H and O–H groups in total. The van der Waals surface area contributed by atoms with Gasteiger partial charge in [-0.15, -0.1) is 0 Å². The van der Waals surface area contributed by atoms with E-state index in [2.05, 4.69) is 66.9 Å². The minimum absolute atomic E-state index is 0.161. The van der Waals surface area contributed by atoms with Crippen molar-refractivity contribution in [2.24, 2.45) is 11.8 Å².